The monoisotopic (exact) mass is 422 g/mol. The Balaban J connectivity index is 1.49. The molecule has 1 saturated heterocycles. The number of rotatable bonds is 4. The van der Waals surface area contributed by atoms with E-state index in [0.717, 1.165) is 12.1 Å². The van der Waals surface area contributed by atoms with E-state index in [9.17, 15) is 14.4 Å². The first kappa shape index (κ1) is 20.9. The van der Waals surface area contributed by atoms with Crippen LogP contribution in [0.1, 0.15) is 42.1 Å². The van der Waals surface area contributed by atoms with Gasteiger partial charge in [-0.2, -0.15) is 0 Å². The number of methoxy groups -OCH3 is 1. The highest BCUT2D eigenvalue weighted by atomic mass is 16.5. The molecule has 0 aromatic heterocycles. The first-order valence-corrected chi connectivity index (χ1v) is 10.5. The summed E-state index contributed by atoms with van der Waals surface area (Å²) < 4.78 is 10.4. The maximum atomic E-state index is 13.2. The molecule has 2 aliphatic heterocycles. The molecule has 0 N–H and O–H groups in total. The van der Waals surface area contributed by atoms with Gasteiger partial charge >= 0.3 is 5.97 Å². The normalized spacial score (nSPS) is 16.6. The molecule has 0 spiro atoms. The van der Waals surface area contributed by atoms with Crippen molar-refractivity contribution >= 4 is 23.5 Å². The zero-order valence-corrected chi connectivity index (χ0v) is 17.8. The van der Waals surface area contributed by atoms with Gasteiger partial charge in [0.25, 0.3) is 5.91 Å². The molecular weight excluding hydrogens is 396 g/mol. The van der Waals surface area contributed by atoms with Gasteiger partial charge in [0.1, 0.15) is 11.5 Å². The molecule has 7 nitrogen and oxygen atoms in total. The number of likely N-dealkylation sites (tertiary alicyclic amines) is 1. The number of para-hydroxylation sites is 1. The molecule has 1 fully saturated rings. The smallest absolute Gasteiger partial charge is 0.308 e. The lowest BCUT2D eigenvalue weighted by molar-refractivity contribution is -0.131. The first-order chi connectivity index (χ1) is 15.0. The number of fused-ring (bicyclic) bond motifs is 1. The van der Waals surface area contributed by atoms with Crippen LogP contribution in [0, 0.1) is 0 Å². The van der Waals surface area contributed by atoms with E-state index in [1.165, 1.54) is 19.6 Å². The van der Waals surface area contributed by atoms with Crippen LogP contribution in [0.25, 0.3) is 0 Å². The highest BCUT2D eigenvalue weighted by Gasteiger charge is 2.34. The summed E-state index contributed by atoms with van der Waals surface area (Å²) >= 11 is 0. The Kier molecular flexibility index (Phi) is 5.93. The van der Waals surface area contributed by atoms with Gasteiger partial charge in [-0.15, -0.1) is 0 Å². The SMILES string of the molecule is COc1ccc(C(=O)N2CCC(N3C(=O)CCc4ccccc43)CC2)c(OC(C)=O)c1. The topological polar surface area (TPSA) is 76.2 Å². The predicted molar refractivity (Wildman–Crippen MR) is 115 cm³/mol. The zero-order valence-electron chi connectivity index (χ0n) is 17.8. The van der Waals surface area contributed by atoms with E-state index in [-0.39, 0.29) is 23.6 Å². The molecule has 162 valence electrons. The highest BCUT2D eigenvalue weighted by molar-refractivity contribution is 5.98. The van der Waals surface area contributed by atoms with Crippen LogP contribution in [0.2, 0.25) is 0 Å². The van der Waals surface area contributed by atoms with Crippen molar-refractivity contribution in [2.75, 3.05) is 25.1 Å². The summed E-state index contributed by atoms with van der Waals surface area (Å²) in [6.45, 7) is 2.36. The van der Waals surface area contributed by atoms with Gasteiger partial charge in [0, 0.05) is 44.2 Å². The number of benzene rings is 2. The lowest BCUT2D eigenvalue weighted by atomic mass is 9.95. The fourth-order valence-electron chi connectivity index (χ4n) is 4.40. The van der Waals surface area contributed by atoms with Crippen LogP contribution in [0.3, 0.4) is 0 Å². The van der Waals surface area contributed by atoms with Crippen molar-refractivity contribution in [2.45, 2.75) is 38.6 Å². The van der Waals surface area contributed by atoms with Gasteiger partial charge in [0.05, 0.1) is 12.7 Å². The summed E-state index contributed by atoms with van der Waals surface area (Å²) in [6, 6.07) is 13.0. The van der Waals surface area contributed by atoms with Crippen LogP contribution >= 0.6 is 0 Å². The van der Waals surface area contributed by atoms with Crippen LogP contribution in [-0.2, 0) is 16.0 Å². The maximum Gasteiger partial charge on any atom is 0.308 e. The molecule has 0 unspecified atom stereocenters. The third kappa shape index (κ3) is 4.26. The second-order valence-electron chi connectivity index (χ2n) is 7.87. The maximum absolute atomic E-state index is 13.2. The Morgan fingerprint density at radius 3 is 2.48 bits per heavy atom. The number of ether oxygens (including phenoxy) is 2. The van der Waals surface area contributed by atoms with Gasteiger partial charge in [0.2, 0.25) is 5.91 Å². The fourth-order valence-corrected chi connectivity index (χ4v) is 4.40. The number of piperidine rings is 1. The van der Waals surface area contributed by atoms with E-state index in [1.54, 1.807) is 23.1 Å². The quantitative estimate of drug-likeness (QED) is 0.559. The van der Waals surface area contributed by atoms with E-state index in [1.807, 2.05) is 23.1 Å². The van der Waals surface area contributed by atoms with Gasteiger partial charge in [-0.3, -0.25) is 14.4 Å². The molecule has 0 atom stereocenters. The Morgan fingerprint density at radius 2 is 1.77 bits per heavy atom. The van der Waals surface area contributed by atoms with Crippen molar-refractivity contribution in [3.05, 3.63) is 53.6 Å². The number of carbonyl (C=O) groups excluding carboxylic acids is 3. The molecule has 2 aromatic carbocycles. The van der Waals surface area contributed by atoms with E-state index in [2.05, 4.69) is 6.07 Å². The predicted octanol–water partition coefficient (Wildman–Crippen LogP) is 3.20. The number of aryl methyl sites for hydroxylation is 1. The number of amides is 2. The Bertz CT molecular complexity index is 1010. The summed E-state index contributed by atoms with van der Waals surface area (Å²) in [7, 11) is 1.51. The number of esters is 1. The van der Waals surface area contributed by atoms with Crippen LogP contribution in [0.15, 0.2) is 42.5 Å². The van der Waals surface area contributed by atoms with Gasteiger partial charge in [-0.25, -0.2) is 0 Å². The van der Waals surface area contributed by atoms with Crippen molar-refractivity contribution in [3.8, 4) is 11.5 Å². The molecule has 2 aromatic rings. The lowest BCUT2D eigenvalue weighted by Crippen LogP contribution is -2.50. The van der Waals surface area contributed by atoms with Crippen LogP contribution in [-0.4, -0.2) is 48.9 Å². The van der Waals surface area contributed by atoms with Crippen LogP contribution in [0.5, 0.6) is 11.5 Å². The Morgan fingerprint density at radius 1 is 1.03 bits per heavy atom. The summed E-state index contributed by atoms with van der Waals surface area (Å²) in [6.07, 6.45) is 2.70. The average Bonchev–Trinajstić information content (AvgIpc) is 2.78. The lowest BCUT2D eigenvalue weighted by Gasteiger charge is -2.41. The molecule has 0 aliphatic carbocycles. The average molecular weight is 422 g/mol. The third-order valence-corrected chi connectivity index (χ3v) is 5.92. The van der Waals surface area contributed by atoms with Gasteiger partial charge < -0.3 is 19.3 Å². The van der Waals surface area contributed by atoms with Crippen molar-refractivity contribution in [1.82, 2.24) is 4.90 Å². The highest BCUT2D eigenvalue weighted by Crippen LogP contribution is 2.33. The van der Waals surface area contributed by atoms with E-state index >= 15 is 0 Å². The standard InChI is InChI=1S/C24H26N2O5/c1-16(27)31-22-15-19(30-2)8-9-20(22)24(29)25-13-11-18(12-14-25)26-21-6-4-3-5-17(21)7-10-23(26)28/h3-6,8-9,15,18H,7,10-14H2,1-2H3. The molecule has 0 saturated carbocycles. The second kappa shape index (κ2) is 8.79. The Labute approximate surface area is 181 Å². The number of anilines is 1. The zero-order chi connectivity index (χ0) is 22.0. The number of nitrogens with zero attached hydrogens (tertiary/aromatic N) is 2. The molecule has 0 bridgehead atoms. The Hall–Kier alpha value is -3.35. The van der Waals surface area contributed by atoms with Crippen molar-refractivity contribution < 1.29 is 23.9 Å². The minimum atomic E-state index is -0.497. The minimum absolute atomic E-state index is 0.0711. The fraction of sp³-hybridized carbons (Fsp3) is 0.375. The molecule has 31 heavy (non-hydrogen) atoms. The first-order valence-electron chi connectivity index (χ1n) is 10.5. The minimum Gasteiger partial charge on any atom is -0.497 e. The summed E-state index contributed by atoms with van der Waals surface area (Å²) in [5, 5.41) is 0. The third-order valence-electron chi connectivity index (χ3n) is 5.92. The molecule has 2 heterocycles. The number of hydrogen-bond donors (Lipinski definition) is 0. The van der Waals surface area contributed by atoms with Gasteiger partial charge in [0.15, 0.2) is 0 Å². The molecule has 4 rings (SSSR count). The second-order valence-corrected chi connectivity index (χ2v) is 7.87. The van der Waals surface area contributed by atoms with E-state index < -0.39 is 5.97 Å². The molecule has 2 amide bonds. The van der Waals surface area contributed by atoms with Gasteiger partial charge in [-0.05, 0) is 43.0 Å². The molecular formula is C24H26N2O5. The molecule has 2 aliphatic rings. The molecule has 0 radical (unpaired) electrons. The summed E-state index contributed by atoms with van der Waals surface area (Å²) in [5.41, 5.74) is 2.52. The number of carbonyl (C=O) groups is 3. The number of hydrogen-bond acceptors (Lipinski definition) is 5. The van der Waals surface area contributed by atoms with E-state index in [4.69, 9.17) is 9.47 Å². The largest absolute Gasteiger partial charge is 0.497 e. The van der Waals surface area contributed by atoms with Crippen LogP contribution in [0.4, 0.5) is 5.69 Å². The summed E-state index contributed by atoms with van der Waals surface area (Å²) in [5.74, 6) is 0.162. The van der Waals surface area contributed by atoms with Crippen molar-refractivity contribution in [2.24, 2.45) is 0 Å². The van der Waals surface area contributed by atoms with Crippen LogP contribution < -0.4 is 14.4 Å². The molecule has 7 heteroatoms. The van der Waals surface area contributed by atoms with E-state index in [0.29, 0.717) is 43.7 Å². The van der Waals surface area contributed by atoms with Crippen molar-refractivity contribution in [1.29, 1.82) is 0 Å². The van der Waals surface area contributed by atoms with Gasteiger partial charge in [-0.1, -0.05) is 18.2 Å². The van der Waals surface area contributed by atoms with Crippen molar-refractivity contribution in [3.63, 3.8) is 0 Å². The summed E-state index contributed by atoms with van der Waals surface area (Å²) in [4.78, 5) is 41.0.